The summed E-state index contributed by atoms with van der Waals surface area (Å²) in [6.45, 7) is 5.35. The molecule has 2 N–H and O–H groups in total. The van der Waals surface area contributed by atoms with Gasteiger partial charge >= 0.3 is 0 Å². The number of ketones is 1. The number of rotatable bonds is 4. The van der Waals surface area contributed by atoms with Crippen molar-refractivity contribution in [2.45, 2.75) is 19.8 Å². The van der Waals surface area contributed by atoms with Gasteiger partial charge in [-0.05, 0) is 18.4 Å². The molecular formula is C21H27N5O3. The van der Waals surface area contributed by atoms with Crippen molar-refractivity contribution in [3.05, 3.63) is 23.9 Å². The van der Waals surface area contributed by atoms with Crippen molar-refractivity contribution in [3.8, 4) is 11.5 Å². The summed E-state index contributed by atoms with van der Waals surface area (Å²) in [7, 11) is 3.19. The second kappa shape index (κ2) is 7.77. The summed E-state index contributed by atoms with van der Waals surface area (Å²) in [5, 5.41) is 0.741. The second-order valence-corrected chi connectivity index (χ2v) is 7.72. The van der Waals surface area contributed by atoms with Crippen molar-refractivity contribution in [2.24, 2.45) is 5.92 Å². The number of aromatic nitrogens is 2. The lowest BCUT2D eigenvalue weighted by Crippen LogP contribution is -2.47. The maximum Gasteiger partial charge on any atom is 0.228 e. The van der Waals surface area contributed by atoms with Crippen molar-refractivity contribution in [1.29, 1.82) is 0 Å². The van der Waals surface area contributed by atoms with Gasteiger partial charge < -0.3 is 25.0 Å². The SMILES string of the molecule is COc1cc2nc(N3CCN(C4=CC(=O)CC(C)C4)CC3)nc(N)c2cc1OC. The van der Waals surface area contributed by atoms with Gasteiger partial charge in [0.25, 0.3) is 0 Å². The van der Waals surface area contributed by atoms with E-state index in [0.717, 1.165) is 49.2 Å². The quantitative estimate of drug-likeness (QED) is 0.839. The van der Waals surface area contributed by atoms with E-state index in [1.54, 1.807) is 20.3 Å². The van der Waals surface area contributed by atoms with Crippen LogP contribution in [0.1, 0.15) is 19.8 Å². The average Bonchev–Trinajstić information content (AvgIpc) is 2.72. The summed E-state index contributed by atoms with van der Waals surface area (Å²) in [5.74, 6) is 2.89. The van der Waals surface area contributed by atoms with Crippen LogP contribution in [0.25, 0.3) is 10.9 Å². The number of fused-ring (bicyclic) bond motifs is 1. The molecule has 1 unspecified atom stereocenters. The first-order valence-electron chi connectivity index (χ1n) is 9.91. The maximum atomic E-state index is 11.9. The lowest BCUT2D eigenvalue weighted by molar-refractivity contribution is -0.116. The summed E-state index contributed by atoms with van der Waals surface area (Å²) in [6, 6.07) is 3.63. The number of piperazine rings is 1. The molecule has 8 heteroatoms. The van der Waals surface area contributed by atoms with E-state index in [2.05, 4.69) is 21.7 Å². The molecule has 0 bridgehead atoms. The molecule has 1 fully saturated rings. The van der Waals surface area contributed by atoms with Crippen LogP contribution in [0.2, 0.25) is 0 Å². The Morgan fingerprint density at radius 2 is 1.66 bits per heavy atom. The lowest BCUT2D eigenvalue weighted by Gasteiger charge is -2.39. The van der Waals surface area contributed by atoms with Crippen molar-refractivity contribution < 1.29 is 14.3 Å². The molecule has 154 valence electrons. The molecule has 4 rings (SSSR count). The fraction of sp³-hybridized carbons (Fsp3) is 0.476. The van der Waals surface area contributed by atoms with Gasteiger partial charge in [-0.1, -0.05) is 6.92 Å². The molecule has 29 heavy (non-hydrogen) atoms. The van der Waals surface area contributed by atoms with E-state index in [9.17, 15) is 4.79 Å². The zero-order valence-corrected chi connectivity index (χ0v) is 17.1. The van der Waals surface area contributed by atoms with E-state index in [1.165, 1.54) is 0 Å². The molecule has 1 saturated heterocycles. The minimum absolute atomic E-state index is 0.233. The molecule has 0 spiro atoms. The number of allylic oxidation sites excluding steroid dienone is 2. The van der Waals surface area contributed by atoms with Crippen LogP contribution in [0, 0.1) is 5.92 Å². The first-order chi connectivity index (χ1) is 14.0. The van der Waals surface area contributed by atoms with Crippen LogP contribution in [0.15, 0.2) is 23.9 Å². The number of hydrogen-bond acceptors (Lipinski definition) is 8. The summed E-state index contributed by atoms with van der Waals surface area (Å²) in [4.78, 5) is 25.6. The van der Waals surface area contributed by atoms with Crippen LogP contribution in [0.4, 0.5) is 11.8 Å². The smallest absolute Gasteiger partial charge is 0.228 e. The van der Waals surface area contributed by atoms with Crippen LogP contribution in [0.5, 0.6) is 11.5 Å². The highest BCUT2D eigenvalue weighted by Gasteiger charge is 2.25. The Balaban J connectivity index is 1.54. The third-order valence-electron chi connectivity index (χ3n) is 5.62. The summed E-state index contributed by atoms with van der Waals surface area (Å²) >= 11 is 0. The monoisotopic (exact) mass is 397 g/mol. The van der Waals surface area contributed by atoms with Crippen LogP contribution < -0.4 is 20.1 Å². The molecule has 2 heterocycles. The van der Waals surface area contributed by atoms with Crippen LogP contribution in [-0.2, 0) is 4.79 Å². The van der Waals surface area contributed by atoms with Gasteiger partial charge in [-0.15, -0.1) is 0 Å². The summed E-state index contributed by atoms with van der Waals surface area (Å²) < 4.78 is 10.7. The highest BCUT2D eigenvalue weighted by Crippen LogP contribution is 2.34. The Bertz CT molecular complexity index is 966. The van der Waals surface area contributed by atoms with Crippen LogP contribution in [-0.4, -0.2) is 61.0 Å². The number of nitrogens with two attached hydrogens (primary N) is 1. The minimum atomic E-state index is 0.233. The Hall–Kier alpha value is -3.03. The van der Waals surface area contributed by atoms with Gasteiger partial charge in [-0.25, -0.2) is 4.98 Å². The fourth-order valence-corrected chi connectivity index (χ4v) is 4.10. The zero-order valence-electron chi connectivity index (χ0n) is 17.1. The fourth-order valence-electron chi connectivity index (χ4n) is 4.10. The largest absolute Gasteiger partial charge is 0.493 e. The number of methoxy groups -OCH3 is 2. The number of anilines is 2. The normalized spacial score (nSPS) is 20.0. The number of carbonyl (C=O) groups excluding carboxylic acids is 1. The highest BCUT2D eigenvalue weighted by atomic mass is 16.5. The number of nitrogens with zero attached hydrogens (tertiary/aromatic N) is 4. The molecule has 0 saturated carbocycles. The molecule has 0 radical (unpaired) electrons. The molecule has 1 aliphatic heterocycles. The standard InChI is InChI=1S/C21H27N5O3/c1-13-8-14(10-15(27)9-13)25-4-6-26(7-5-25)21-23-17-12-19(29-3)18(28-2)11-16(17)20(22)24-21/h10-13H,4-9H2,1-3H3,(H2,22,23,24). The predicted octanol–water partition coefficient (Wildman–Crippen LogP) is 2.23. The third kappa shape index (κ3) is 3.79. The highest BCUT2D eigenvalue weighted by molar-refractivity contribution is 5.92. The summed E-state index contributed by atoms with van der Waals surface area (Å²) in [6.07, 6.45) is 3.44. The van der Waals surface area contributed by atoms with Crippen molar-refractivity contribution in [2.75, 3.05) is 51.0 Å². The minimum Gasteiger partial charge on any atom is -0.493 e. The zero-order chi connectivity index (χ0) is 20.5. The van der Waals surface area contributed by atoms with Gasteiger partial charge in [0.1, 0.15) is 5.82 Å². The van der Waals surface area contributed by atoms with Gasteiger partial charge in [-0.2, -0.15) is 4.98 Å². The van der Waals surface area contributed by atoms with Crippen LogP contribution in [0.3, 0.4) is 0 Å². The molecule has 0 amide bonds. The molecule has 8 nitrogen and oxygen atoms in total. The van der Waals surface area contributed by atoms with Crippen molar-refractivity contribution in [3.63, 3.8) is 0 Å². The predicted molar refractivity (Wildman–Crippen MR) is 112 cm³/mol. The summed E-state index contributed by atoms with van der Waals surface area (Å²) in [5.41, 5.74) is 8.10. The second-order valence-electron chi connectivity index (χ2n) is 7.72. The molecule has 1 aromatic heterocycles. The lowest BCUT2D eigenvalue weighted by atomic mass is 9.92. The van der Waals surface area contributed by atoms with E-state index in [1.807, 2.05) is 12.1 Å². The number of ether oxygens (including phenoxy) is 2. The van der Waals surface area contributed by atoms with Gasteiger partial charge in [-0.3, -0.25) is 4.79 Å². The van der Waals surface area contributed by atoms with Crippen molar-refractivity contribution >= 4 is 28.5 Å². The molecule has 2 aliphatic rings. The molecule has 1 aliphatic carbocycles. The Kier molecular flexibility index (Phi) is 5.17. The van der Waals surface area contributed by atoms with Gasteiger partial charge in [0.15, 0.2) is 17.3 Å². The Labute approximate surface area is 170 Å². The number of carbonyl (C=O) groups is 1. The Morgan fingerprint density at radius 1 is 1.00 bits per heavy atom. The third-order valence-corrected chi connectivity index (χ3v) is 5.62. The van der Waals surface area contributed by atoms with E-state index >= 15 is 0 Å². The van der Waals surface area contributed by atoms with Gasteiger partial charge in [0.05, 0.1) is 19.7 Å². The van der Waals surface area contributed by atoms with Crippen molar-refractivity contribution in [1.82, 2.24) is 14.9 Å². The van der Waals surface area contributed by atoms with Gasteiger partial charge in [0.2, 0.25) is 5.95 Å². The molecule has 2 aromatic rings. The number of hydrogen-bond donors (Lipinski definition) is 1. The topological polar surface area (TPSA) is 93.8 Å². The average molecular weight is 397 g/mol. The molecular weight excluding hydrogens is 370 g/mol. The van der Waals surface area contributed by atoms with Gasteiger partial charge in [0, 0.05) is 55.8 Å². The van der Waals surface area contributed by atoms with E-state index in [4.69, 9.17) is 20.2 Å². The molecule has 1 atom stereocenters. The van der Waals surface area contributed by atoms with E-state index < -0.39 is 0 Å². The maximum absolute atomic E-state index is 11.9. The van der Waals surface area contributed by atoms with E-state index in [-0.39, 0.29) is 5.78 Å². The number of nitrogen functional groups attached to an aromatic ring is 1. The first kappa shape index (κ1) is 19.3. The first-order valence-corrected chi connectivity index (χ1v) is 9.91. The Morgan fingerprint density at radius 3 is 2.31 bits per heavy atom. The van der Waals surface area contributed by atoms with Crippen LogP contribution >= 0.6 is 0 Å². The number of benzene rings is 1. The van der Waals surface area contributed by atoms with E-state index in [0.29, 0.717) is 35.6 Å². The molecule has 1 aromatic carbocycles.